The Kier molecular flexibility index (Phi) is 3.34. The van der Waals surface area contributed by atoms with Gasteiger partial charge < -0.3 is 10.4 Å². The van der Waals surface area contributed by atoms with Gasteiger partial charge in [-0.25, -0.2) is 9.78 Å². The Morgan fingerprint density at radius 2 is 2.41 bits per heavy atom. The van der Waals surface area contributed by atoms with Gasteiger partial charge in [0, 0.05) is 6.20 Å². The second-order valence-electron chi connectivity index (χ2n) is 3.31. The van der Waals surface area contributed by atoms with Gasteiger partial charge in [-0.3, -0.25) is 4.98 Å². The summed E-state index contributed by atoms with van der Waals surface area (Å²) >= 11 is 1.35. The molecule has 0 amide bonds. The van der Waals surface area contributed by atoms with E-state index in [1.165, 1.54) is 11.3 Å². The van der Waals surface area contributed by atoms with Gasteiger partial charge in [0.05, 0.1) is 16.9 Å². The van der Waals surface area contributed by atoms with Crippen molar-refractivity contribution in [2.24, 2.45) is 0 Å². The van der Waals surface area contributed by atoms with Gasteiger partial charge in [0.2, 0.25) is 0 Å². The fourth-order valence-electron chi connectivity index (χ4n) is 1.31. The normalized spacial score (nSPS) is 10.2. The number of hydrogen-bond acceptors (Lipinski definition) is 5. The number of rotatable bonds is 4. The highest BCUT2D eigenvalue weighted by molar-refractivity contribution is 7.16. The molecule has 6 heteroatoms. The first kappa shape index (κ1) is 11.5. The zero-order chi connectivity index (χ0) is 12.3. The van der Waals surface area contributed by atoms with Crippen LogP contribution in [0.25, 0.3) is 0 Å². The number of hydrogen-bond donors (Lipinski definition) is 2. The number of nitrogens with zero attached hydrogens (tertiary/aromatic N) is 2. The van der Waals surface area contributed by atoms with Gasteiger partial charge in [-0.2, -0.15) is 0 Å². The van der Waals surface area contributed by atoms with E-state index in [2.05, 4.69) is 15.3 Å². The van der Waals surface area contributed by atoms with Gasteiger partial charge in [-0.05, 0) is 18.6 Å². The third-order valence-corrected chi connectivity index (χ3v) is 3.21. The largest absolute Gasteiger partial charge is 0.476 e. The Bertz CT molecular complexity index is 525. The molecule has 0 atom stereocenters. The van der Waals surface area contributed by atoms with Crippen LogP contribution in [0.1, 0.15) is 22.4 Å². The molecule has 0 saturated heterocycles. The molecule has 88 valence electrons. The average molecular weight is 249 g/mol. The van der Waals surface area contributed by atoms with E-state index >= 15 is 0 Å². The predicted octanol–water partition coefficient (Wildman–Crippen LogP) is 2.54. The van der Waals surface area contributed by atoms with Crippen LogP contribution in [0.5, 0.6) is 0 Å². The Labute approximate surface area is 102 Å². The lowest BCUT2D eigenvalue weighted by molar-refractivity contribution is 0.0692. The van der Waals surface area contributed by atoms with Crippen LogP contribution in [0.4, 0.5) is 10.7 Å². The highest BCUT2D eigenvalue weighted by Gasteiger charge is 2.16. The number of anilines is 2. The minimum atomic E-state index is -1.02. The molecule has 0 aliphatic heterocycles. The van der Waals surface area contributed by atoms with E-state index in [9.17, 15) is 4.79 Å². The molecule has 0 aromatic carbocycles. The molecule has 2 heterocycles. The minimum Gasteiger partial charge on any atom is -0.476 e. The van der Waals surface area contributed by atoms with Crippen molar-refractivity contribution in [3.63, 3.8) is 0 Å². The SMILES string of the molecule is CCc1nc(C(=O)O)c(Nc2cccnc2)s1. The van der Waals surface area contributed by atoms with E-state index < -0.39 is 5.97 Å². The molecular formula is C11H11N3O2S. The quantitative estimate of drug-likeness (QED) is 0.870. The first-order chi connectivity index (χ1) is 8.20. The molecule has 17 heavy (non-hydrogen) atoms. The number of carboxylic acids is 1. The van der Waals surface area contributed by atoms with E-state index in [-0.39, 0.29) is 5.69 Å². The zero-order valence-corrected chi connectivity index (χ0v) is 9.99. The Balaban J connectivity index is 2.31. The van der Waals surface area contributed by atoms with Crippen LogP contribution in [-0.2, 0) is 6.42 Å². The Morgan fingerprint density at radius 1 is 1.59 bits per heavy atom. The van der Waals surface area contributed by atoms with Crippen LogP contribution in [0.2, 0.25) is 0 Å². The maximum Gasteiger partial charge on any atom is 0.357 e. The molecule has 0 bridgehead atoms. The topological polar surface area (TPSA) is 75.1 Å². The summed E-state index contributed by atoms with van der Waals surface area (Å²) in [5, 5.41) is 13.4. The van der Waals surface area contributed by atoms with Crippen molar-refractivity contribution in [3.05, 3.63) is 35.2 Å². The average Bonchev–Trinajstić information content (AvgIpc) is 2.74. The van der Waals surface area contributed by atoms with Crippen molar-refractivity contribution >= 4 is 28.0 Å². The lowest BCUT2D eigenvalue weighted by Crippen LogP contribution is -2.01. The monoisotopic (exact) mass is 249 g/mol. The van der Waals surface area contributed by atoms with E-state index in [0.29, 0.717) is 5.00 Å². The van der Waals surface area contributed by atoms with Crippen LogP contribution >= 0.6 is 11.3 Å². The molecule has 2 N–H and O–H groups in total. The number of aromatic nitrogens is 2. The molecule has 2 rings (SSSR count). The zero-order valence-electron chi connectivity index (χ0n) is 9.17. The molecule has 0 aliphatic carbocycles. The number of aromatic carboxylic acids is 1. The summed E-state index contributed by atoms with van der Waals surface area (Å²) in [6, 6.07) is 3.61. The molecule has 0 radical (unpaired) electrons. The van der Waals surface area contributed by atoms with Crippen molar-refractivity contribution in [1.82, 2.24) is 9.97 Å². The lowest BCUT2D eigenvalue weighted by Gasteiger charge is -2.02. The fourth-order valence-corrected chi connectivity index (χ4v) is 2.23. The van der Waals surface area contributed by atoms with E-state index in [0.717, 1.165) is 17.1 Å². The van der Waals surface area contributed by atoms with Gasteiger partial charge in [0.25, 0.3) is 0 Å². The smallest absolute Gasteiger partial charge is 0.357 e. The van der Waals surface area contributed by atoms with Crippen molar-refractivity contribution in [2.75, 3.05) is 5.32 Å². The van der Waals surface area contributed by atoms with Gasteiger partial charge >= 0.3 is 5.97 Å². The van der Waals surface area contributed by atoms with Crippen LogP contribution in [0.15, 0.2) is 24.5 Å². The summed E-state index contributed by atoms with van der Waals surface area (Å²) < 4.78 is 0. The van der Waals surface area contributed by atoms with Gasteiger partial charge in [0.1, 0.15) is 5.00 Å². The second kappa shape index (κ2) is 4.92. The Hall–Kier alpha value is -1.95. The predicted molar refractivity (Wildman–Crippen MR) is 66.0 cm³/mol. The third kappa shape index (κ3) is 2.59. The number of pyridine rings is 1. The van der Waals surface area contributed by atoms with E-state index in [1.54, 1.807) is 18.5 Å². The number of carboxylic acid groups (broad SMARTS) is 1. The van der Waals surface area contributed by atoms with E-state index in [4.69, 9.17) is 5.11 Å². The van der Waals surface area contributed by atoms with Gasteiger partial charge in [-0.15, -0.1) is 11.3 Å². The molecule has 2 aromatic rings. The molecule has 0 aliphatic rings. The minimum absolute atomic E-state index is 0.0655. The van der Waals surface area contributed by atoms with Crippen LogP contribution < -0.4 is 5.32 Å². The summed E-state index contributed by atoms with van der Waals surface area (Å²) in [7, 11) is 0. The highest BCUT2D eigenvalue weighted by Crippen LogP contribution is 2.28. The number of thiazole rings is 1. The van der Waals surface area contributed by atoms with Crippen molar-refractivity contribution in [3.8, 4) is 0 Å². The Morgan fingerprint density at radius 3 is 3.00 bits per heavy atom. The summed E-state index contributed by atoms with van der Waals surface area (Å²) in [6.07, 6.45) is 4.02. The van der Waals surface area contributed by atoms with Gasteiger partial charge in [-0.1, -0.05) is 6.92 Å². The van der Waals surface area contributed by atoms with Gasteiger partial charge in [0.15, 0.2) is 5.69 Å². The third-order valence-electron chi connectivity index (χ3n) is 2.10. The molecule has 0 unspecified atom stereocenters. The highest BCUT2D eigenvalue weighted by atomic mass is 32.1. The van der Waals surface area contributed by atoms with Crippen LogP contribution in [0, 0.1) is 0 Å². The van der Waals surface area contributed by atoms with Crippen molar-refractivity contribution < 1.29 is 9.90 Å². The molecule has 0 fully saturated rings. The summed E-state index contributed by atoms with van der Waals surface area (Å²) in [4.78, 5) is 19.0. The standard InChI is InChI=1S/C11H11N3O2S/c1-2-8-14-9(11(15)16)10(17-8)13-7-4-3-5-12-6-7/h3-6,13H,2H2,1H3,(H,15,16). The molecule has 0 saturated carbocycles. The van der Waals surface area contributed by atoms with Crippen molar-refractivity contribution in [2.45, 2.75) is 13.3 Å². The second-order valence-corrected chi connectivity index (χ2v) is 4.39. The maximum atomic E-state index is 11.0. The number of carbonyl (C=O) groups is 1. The summed E-state index contributed by atoms with van der Waals surface area (Å²) in [5.41, 5.74) is 0.817. The van der Waals surface area contributed by atoms with Crippen molar-refractivity contribution in [1.29, 1.82) is 0 Å². The van der Waals surface area contributed by atoms with Crippen LogP contribution in [0.3, 0.4) is 0 Å². The molecule has 5 nitrogen and oxygen atoms in total. The molecular weight excluding hydrogens is 238 g/mol. The first-order valence-corrected chi connectivity index (χ1v) is 5.92. The molecule has 0 spiro atoms. The number of nitrogens with one attached hydrogen (secondary N) is 1. The molecule has 2 aromatic heterocycles. The lowest BCUT2D eigenvalue weighted by atomic mass is 10.4. The fraction of sp³-hybridized carbons (Fsp3) is 0.182. The van der Waals surface area contributed by atoms with Crippen LogP contribution in [-0.4, -0.2) is 21.0 Å². The van der Waals surface area contributed by atoms with E-state index in [1.807, 2.05) is 13.0 Å². The number of aryl methyl sites for hydroxylation is 1. The summed E-state index contributed by atoms with van der Waals surface area (Å²) in [5.74, 6) is -1.02. The maximum absolute atomic E-state index is 11.0. The first-order valence-electron chi connectivity index (χ1n) is 5.10. The summed E-state index contributed by atoms with van der Waals surface area (Å²) in [6.45, 7) is 1.94.